The van der Waals surface area contributed by atoms with Crippen LogP contribution >= 0.6 is 0 Å². The largest absolute Gasteiger partial charge is 0.464 e. The van der Waals surface area contributed by atoms with Crippen molar-refractivity contribution < 1.29 is 4.42 Å². The molecular weight excluding hydrogens is 188 g/mol. The number of anilines is 1. The molecule has 1 fully saturated rings. The van der Waals surface area contributed by atoms with Crippen molar-refractivity contribution in [3.8, 4) is 0 Å². The van der Waals surface area contributed by atoms with E-state index < -0.39 is 0 Å². The van der Waals surface area contributed by atoms with Crippen LogP contribution < -0.4 is 10.2 Å². The van der Waals surface area contributed by atoms with E-state index in [1.54, 1.807) is 6.26 Å². The zero-order valence-corrected chi connectivity index (χ0v) is 8.57. The van der Waals surface area contributed by atoms with Gasteiger partial charge in [-0.1, -0.05) is 0 Å². The molecule has 1 aromatic heterocycles. The smallest absolute Gasteiger partial charge is 0.133 e. The number of hydrogen-bond donors (Lipinski definition) is 1. The van der Waals surface area contributed by atoms with Crippen LogP contribution in [0.25, 0.3) is 11.0 Å². The molecule has 1 aliphatic heterocycles. The van der Waals surface area contributed by atoms with Crippen molar-refractivity contribution in [3.63, 3.8) is 0 Å². The van der Waals surface area contributed by atoms with E-state index in [2.05, 4.69) is 22.3 Å². The van der Waals surface area contributed by atoms with Gasteiger partial charge in [-0.3, -0.25) is 0 Å². The number of benzene rings is 1. The summed E-state index contributed by atoms with van der Waals surface area (Å²) in [7, 11) is 0. The van der Waals surface area contributed by atoms with Gasteiger partial charge in [0.25, 0.3) is 0 Å². The second-order valence-electron chi connectivity index (χ2n) is 3.88. The Morgan fingerprint density at radius 2 is 2.00 bits per heavy atom. The first-order valence-electron chi connectivity index (χ1n) is 5.36. The fourth-order valence-electron chi connectivity index (χ4n) is 2.07. The van der Waals surface area contributed by atoms with Gasteiger partial charge in [-0.2, -0.15) is 0 Å². The molecule has 0 radical (unpaired) electrons. The number of hydrogen-bond acceptors (Lipinski definition) is 3. The monoisotopic (exact) mass is 202 g/mol. The summed E-state index contributed by atoms with van der Waals surface area (Å²) in [5.74, 6) is 0. The molecule has 3 heteroatoms. The molecule has 3 nitrogen and oxygen atoms in total. The average molecular weight is 202 g/mol. The molecule has 0 aliphatic carbocycles. The molecule has 0 saturated carbocycles. The van der Waals surface area contributed by atoms with Crippen LogP contribution in [0.2, 0.25) is 0 Å². The van der Waals surface area contributed by atoms with Crippen molar-refractivity contribution in [1.82, 2.24) is 5.32 Å². The second-order valence-corrected chi connectivity index (χ2v) is 3.88. The Morgan fingerprint density at radius 3 is 2.87 bits per heavy atom. The van der Waals surface area contributed by atoms with Crippen LogP contribution in [0.5, 0.6) is 0 Å². The Kier molecular flexibility index (Phi) is 2.10. The summed E-state index contributed by atoms with van der Waals surface area (Å²) in [4.78, 5) is 2.41. The first kappa shape index (κ1) is 8.80. The van der Waals surface area contributed by atoms with E-state index in [0.717, 1.165) is 31.8 Å². The first-order valence-corrected chi connectivity index (χ1v) is 5.36. The lowest BCUT2D eigenvalue weighted by atomic mass is 10.2. The molecule has 3 rings (SSSR count). The van der Waals surface area contributed by atoms with Crippen molar-refractivity contribution in [3.05, 3.63) is 30.5 Å². The summed E-state index contributed by atoms with van der Waals surface area (Å²) >= 11 is 0. The molecule has 2 heterocycles. The number of fused-ring (bicyclic) bond motifs is 1. The lowest BCUT2D eigenvalue weighted by molar-refractivity contribution is 0.589. The molecule has 1 aliphatic rings. The highest BCUT2D eigenvalue weighted by Gasteiger charge is 2.10. The molecule has 1 N–H and O–H groups in total. The molecule has 0 amide bonds. The summed E-state index contributed by atoms with van der Waals surface area (Å²) < 4.78 is 5.33. The minimum Gasteiger partial charge on any atom is -0.464 e. The van der Waals surface area contributed by atoms with Gasteiger partial charge in [0, 0.05) is 37.3 Å². The predicted molar refractivity (Wildman–Crippen MR) is 61.3 cm³/mol. The van der Waals surface area contributed by atoms with Crippen molar-refractivity contribution in [2.45, 2.75) is 0 Å². The van der Waals surface area contributed by atoms with Crippen LogP contribution in [0.1, 0.15) is 0 Å². The van der Waals surface area contributed by atoms with Crippen LogP contribution in [0.15, 0.2) is 34.9 Å². The minimum absolute atomic E-state index is 0.967. The highest BCUT2D eigenvalue weighted by molar-refractivity contribution is 5.81. The summed E-state index contributed by atoms with van der Waals surface area (Å²) in [6.07, 6.45) is 1.74. The van der Waals surface area contributed by atoms with Gasteiger partial charge in [0.1, 0.15) is 5.58 Å². The maximum absolute atomic E-state index is 5.33. The third-order valence-corrected chi connectivity index (χ3v) is 2.92. The van der Waals surface area contributed by atoms with Crippen molar-refractivity contribution in [1.29, 1.82) is 0 Å². The van der Waals surface area contributed by atoms with Crippen molar-refractivity contribution in [2.24, 2.45) is 0 Å². The Hall–Kier alpha value is -1.48. The normalized spacial score (nSPS) is 17.2. The van der Waals surface area contributed by atoms with Gasteiger partial charge in [0.15, 0.2) is 0 Å². The average Bonchev–Trinajstić information content (AvgIpc) is 2.77. The van der Waals surface area contributed by atoms with E-state index in [4.69, 9.17) is 4.42 Å². The van der Waals surface area contributed by atoms with Crippen LogP contribution in [0, 0.1) is 0 Å². The van der Waals surface area contributed by atoms with E-state index >= 15 is 0 Å². The molecule has 0 atom stereocenters. The predicted octanol–water partition coefficient (Wildman–Crippen LogP) is 1.84. The van der Waals surface area contributed by atoms with Gasteiger partial charge in [0.05, 0.1) is 6.26 Å². The number of nitrogens with one attached hydrogen (secondary N) is 1. The summed E-state index contributed by atoms with van der Waals surface area (Å²) in [6.45, 7) is 4.32. The molecular formula is C12H14N2O. The van der Waals surface area contributed by atoms with Crippen LogP contribution in [0.4, 0.5) is 5.69 Å². The summed E-state index contributed by atoms with van der Waals surface area (Å²) in [5.41, 5.74) is 2.26. The van der Waals surface area contributed by atoms with E-state index in [1.165, 1.54) is 11.1 Å². The molecule has 0 unspecified atom stereocenters. The summed E-state index contributed by atoms with van der Waals surface area (Å²) in [5, 5.41) is 4.54. The maximum atomic E-state index is 5.33. The third-order valence-electron chi connectivity index (χ3n) is 2.92. The van der Waals surface area contributed by atoms with E-state index in [-0.39, 0.29) is 0 Å². The van der Waals surface area contributed by atoms with Gasteiger partial charge in [-0.25, -0.2) is 0 Å². The Labute approximate surface area is 88.7 Å². The zero-order valence-electron chi connectivity index (χ0n) is 8.57. The van der Waals surface area contributed by atoms with Gasteiger partial charge >= 0.3 is 0 Å². The maximum Gasteiger partial charge on any atom is 0.133 e. The molecule has 78 valence electrons. The number of furan rings is 1. The van der Waals surface area contributed by atoms with Gasteiger partial charge < -0.3 is 14.6 Å². The van der Waals surface area contributed by atoms with Crippen molar-refractivity contribution in [2.75, 3.05) is 31.1 Å². The SMILES string of the molecule is c1cc2cc(N3CCNCC3)ccc2o1. The fourth-order valence-corrected chi connectivity index (χ4v) is 2.07. The molecule has 1 aromatic carbocycles. The first-order chi connectivity index (χ1) is 7.43. The van der Waals surface area contributed by atoms with E-state index in [9.17, 15) is 0 Å². The third kappa shape index (κ3) is 1.59. The van der Waals surface area contributed by atoms with Gasteiger partial charge in [-0.05, 0) is 24.3 Å². The molecule has 0 bridgehead atoms. The lowest BCUT2D eigenvalue weighted by Crippen LogP contribution is -2.43. The molecule has 15 heavy (non-hydrogen) atoms. The van der Waals surface area contributed by atoms with E-state index in [1.807, 2.05) is 12.1 Å². The molecule has 1 saturated heterocycles. The number of piperazine rings is 1. The van der Waals surface area contributed by atoms with Crippen LogP contribution in [0.3, 0.4) is 0 Å². The van der Waals surface area contributed by atoms with Crippen LogP contribution in [-0.2, 0) is 0 Å². The summed E-state index contributed by atoms with van der Waals surface area (Å²) in [6, 6.07) is 8.40. The van der Waals surface area contributed by atoms with Crippen LogP contribution in [-0.4, -0.2) is 26.2 Å². The highest BCUT2D eigenvalue weighted by atomic mass is 16.3. The Morgan fingerprint density at radius 1 is 1.13 bits per heavy atom. The van der Waals surface area contributed by atoms with Crippen molar-refractivity contribution >= 4 is 16.7 Å². The Balaban J connectivity index is 1.95. The standard InChI is InChI=1S/C12H14N2O/c1-2-12-10(3-8-15-12)9-11(1)14-6-4-13-5-7-14/h1-3,8-9,13H,4-7H2. The fraction of sp³-hybridized carbons (Fsp3) is 0.333. The number of nitrogens with zero attached hydrogens (tertiary/aromatic N) is 1. The Bertz CT molecular complexity index is 457. The molecule has 2 aromatic rings. The second kappa shape index (κ2) is 3.59. The number of rotatable bonds is 1. The minimum atomic E-state index is 0.967. The topological polar surface area (TPSA) is 28.4 Å². The van der Waals surface area contributed by atoms with Gasteiger partial charge in [0.2, 0.25) is 0 Å². The quantitative estimate of drug-likeness (QED) is 0.765. The highest BCUT2D eigenvalue weighted by Crippen LogP contribution is 2.23. The van der Waals surface area contributed by atoms with E-state index in [0.29, 0.717) is 0 Å². The van der Waals surface area contributed by atoms with Gasteiger partial charge in [-0.15, -0.1) is 0 Å². The molecule has 0 spiro atoms. The lowest BCUT2D eigenvalue weighted by Gasteiger charge is -2.29. The zero-order chi connectivity index (χ0) is 10.1.